The maximum atomic E-state index is 12.3. The molecule has 10 heteroatoms. The van der Waals surface area contributed by atoms with E-state index in [0.717, 1.165) is 44.9 Å². The lowest BCUT2D eigenvalue weighted by atomic mass is 10.0. The molecule has 0 amide bonds. The summed E-state index contributed by atoms with van der Waals surface area (Å²) in [7, 11) is -4.29. The molecule has 0 aromatic heterocycles. The summed E-state index contributed by atoms with van der Waals surface area (Å²) in [5, 5.41) is 0. The highest BCUT2D eigenvalue weighted by Crippen LogP contribution is 2.43. The number of nitrogens with two attached hydrogens (primary N) is 1. The first kappa shape index (κ1) is 47.2. The Hall–Kier alpha value is -1.77. The van der Waals surface area contributed by atoms with Crippen LogP contribution in [-0.4, -0.2) is 49.1 Å². The fourth-order valence-electron chi connectivity index (χ4n) is 5.14. The van der Waals surface area contributed by atoms with E-state index in [1.54, 1.807) is 12.3 Å². The van der Waals surface area contributed by atoms with Gasteiger partial charge < -0.3 is 20.1 Å². The van der Waals surface area contributed by atoms with Crippen LogP contribution in [0.15, 0.2) is 36.6 Å². The predicted octanol–water partition coefficient (Wildman–Crippen LogP) is 10.6. The van der Waals surface area contributed by atoms with Crippen LogP contribution in [0, 0.1) is 0 Å². The predicted molar refractivity (Wildman–Crippen MR) is 201 cm³/mol. The summed E-state index contributed by atoms with van der Waals surface area (Å²) >= 11 is 0. The van der Waals surface area contributed by atoms with Gasteiger partial charge in [0, 0.05) is 19.4 Å². The molecule has 49 heavy (non-hydrogen) atoms. The zero-order valence-electron chi connectivity index (χ0n) is 31.2. The van der Waals surface area contributed by atoms with E-state index in [2.05, 4.69) is 19.9 Å². The SMILES string of the molecule is CCCCC/C=C\C=C\C(=O)CCCCCCCC(=O)OC[C@H](COP(=O)(O)OCCN)O/C=C/CCCCCCCCCCCCCC. The van der Waals surface area contributed by atoms with E-state index in [1.807, 2.05) is 18.2 Å². The van der Waals surface area contributed by atoms with E-state index in [1.165, 1.54) is 89.9 Å². The number of allylic oxidation sites excluding steroid dienone is 5. The van der Waals surface area contributed by atoms with E-state index in [9.17, 15) is 19.0 Å². The van der Waals surface area contributed by atoms with Crippen molar-refractivity contribution in [3.8, 4) is 0 Å². The standard InChI is InChI=1S/C39H72NO8P/c1-3-5-7-9-11-12-13-14-15-16-17-19-24-28-33-45-38(36-48-49(43,44)47-34-32-40)35-46-39(42)31-27-23-20-22-26-30-37(41)29-25-21-18-10-8-6-4-2/h18,21,25,28-29,33,38H,3-17,19-20,22-24,26-27,30-32,34-36,40H2,1-2H3,(H,43,44)/b21-18-,29-25+,33-28+/t38-/m1/s1. The van der Waals surface area contributed by atoms with Gasteiger partial charge in [0.1, 0.15) is 6.61 Å². The fourth-order valence-corrected chi connectivity index (χ4v) is 5.90. The van der Waals surface area contributed by atoms with Crippen LogP contribution in [0.1, 0.15) is 168 Å². The molecule has 0 spiro atoms. The number of phosphoric ester groups is 1. The van der Waals surface area contributed by atoms with Crippen LogP contribution in [0.2, 0.25) is 0 Å². The van der Waals surface area contributed by atoms with Crippen molar-refractivity contribution < 1.29 is 37.6 Å². The second-order valence-corrected chi connectivity index (χ2v) is 14.3. The van der Waals surface area contributed by atoms with Crippen LogP contribution >= 0.6 is 7.82 Å². The molecule has 0 fully saturated rings. The number of ketones is 1. The van der Waals surface area contributed by atoms with Crippen molar-refractivity contribution in [3.05, 3.63) is 36.6 Å². The summed E-state index contributed by atoms with van der Waals surface area (Å²) < 4.78 is 33.0. The van der Waals surface area contributed by atoms with E-state index >= 15 is 0 Å². The quantitative estimate of drug-likeness (QED) is 0.0161. The molecule has 0 radical (unpaired) electrons. The maximum Gasteiger partial charge on any atom is 0.472 e. The van der Waals surface area contributed by atoms with Crippen molar-refractivity contribution >= 4 is 19.6 Å². The summed E-state index contributed by atoms with van der Waals surface area (Å²) in [5.41, 5.74) is 5.34. The number of carbonyl (C=O) groups is 2. The second-order valence-electron chi connectivity index (χ2n) is 12.9. The minimum Gasteiger partial charge on any atom is -0.492 e. The Bertz CT molecular complexity index is 907. The number of hydrogen-bond acceptors (Lipinski definition) is 8. The van der Waals surface area contributed by atoms with Gasteiger partial charge in [0.2, 0.25) is 0 Å². The molecular formula is C39H72NO8P. The largest absolute Gasteiger partial charge is 0.492 e. The van der Waals surface area contributed by atoms with E-state index in [-0.39, 0.29) is 44.5 Å². The minimum atomic E-state index is -4.29. The van der Waals surface area contributed by atoms with E-state index in [4.69, 9.17) is 24.3 Å². The van der Waals surface area contributed by atoms with Crippen LogP contribution in [0.5, 0.6) is 0 Å². The van der Waals surface area contributed by atoms with Crippen LogP contribution in [0.25, 0.3) is 0 Å². The zero-order chi connectivity index (χ0) is 36.1. The number of rotatable bonds is 37. The molecule has 0 aromatic rings. The summed E-state index contributed by atoms with van der Waals surface area (Å²) in [6.07, 6.45) is 36.4. The monoisotopic (exact) mass is 713 g/mol. The molecule has 0 heterocycles. The number of ether oxygens (including phenoxy) is 2. The van der Waals surface area contributed by atoms with Crippen LogP contribution in [0.3, 0.4) is 0 Å². The highest BCUT2D eigenvalue weighted by atomic mass is 31.2. The van der Waals surface area contributed by atoms with Gasteiger partial charge in [0.15, 0.2) is 11.9 Å². The fraction of sp³-hybridized carbons (Fsp3) is 0.795. The minimum absolute atomic E-state index is 0.0832. The molecule has 0 aromatic carbocycles. The molecule has 0 saturated carbocycles. The topological polar surface area (TPSA) is 134 Å². The van der Waals surface area contributed by atoms with Gasteiger partial charge in [-0.25, -0.2) is 4.57 Å². The molecular weight excluding hydrogens is 641 g/mol. The summed E-state index contributed by atoms with van der Waals surface area (Å²) in [6, 6.07) is 0. The Labute approximate surface area is 299 Å². The number of phosphoric acid groups is 1. The van der Waals surface area contributed by atoms with Gasteiger partial charge in [0.25, 0.3) is 0 Å². The molecule has 0 aliphatic heterocycles. The molecule has 1 unspecified atom stereocenters. The smallest absolute Gasteiger partial charge is 0.472 e. The van der Waals surface area contributed by atoms with Crippen LogP contribution < -0.4 is 5.73 Å². The van der Waals surface area contributed by atoms with Gasteiger partial charge in [0.05, 0.1) is 19.5 Å². The number of hydrogen-bond donors (Lipinski definition) is 2. The van der Waals surface area contributed by atoms with Crippen LogP contribution in [-0.2, 0) is 32.7 Å². The van der Waals surface area contributed by atoms with Crippen molar-refractivity contribution in [2.45, 2.75) is 174 Å². The van der Waals surface area contributed by atoms with E-state index < -0.39 is 13.9 Å². The molecule has 9 nitrogen and oxygen atoms in total. The molecule has 2 atom stereocenters. The third-order valence-corrected chi connectivity index (χ3v) is 9.11. The Morgan fingerprint density at radius 1 is 0.673 bits per heavy atom. The molecule has 286 valence electrons. The normalized spacial score (nSPS) is 13.8. The van der Waals surface area contributed by atoms with Gasteiger partial charge >= 0.3 is 13.8 Å². The Balaban J connectivity index is 4.22. The highest BCUT2D eigenvalue weighted by Gasteiger charge is 2.24. The Kier molecular flexibility index (Phi) is 34.7. The van der Waals surface area contributed by atoms with Crippen molar-refractivity contribution in [1.82, 2.24) is 0 Å². The number of esters is 1. The first-order valence-electron chi connectivity index (χ1n) is 19.5. The van der Waals surface area contributed by atoms with Gasteiger partial charge in [-0.1, -0.05) is 135 Å². The van der Waals surface area contributed by atoms with Crippen molar-refractivity contribution in [2.75, 3.05) is 26.4 Å². The highest BCUT2D eigenvalue weighted by molar-refractivity contribution is 7.47. The van der Waals surface area contributed by atoms with Gasteiger partial charge in [-0.2, -0.15) is 0 Å². The maximum absolute atomic E-state index is 12.3. The third-order valence-electron chi connectivity index (χ3n) is 8.13. The average molecular weight is 714 g/mol. The van der Waals surface area contributed by atoms with Crippen LogP contribution in [0.4, 0.5) is 0 Å². The molecule has 0 aliphatic carbocycles. The summed E-state index contributed by atoms with van der Waals surface area (Å²) in [5.74, 6) is -0.214. The molecule has 0 aliphatic rings. The first-order valence-corrected chi connectivity index (χ1v) is 21.0. The average Bonchev–Trinajstić information content (AvgIpc) is 3.09. The number of unbranched alkanes of at least 4 members (excludes halogenated alkanes) is 19. The zero-order valence-corrected chi connectivity index (χ0v) is 32.1. The van der Waals surface area contributed by atoms with Crippen molar-refractivity contribution in [2.24, 2.45) is 5.73 Å². The third kappa shape index (κ3) is 35.8. The lowest BCUT2D eigenvalue weighted by Gasteiger charge is -2.19. The van der Waals surface area contributed by atoms with Gasteiger partial charge in [-0.3, -0.25) is 18.6 Å². The van der Waals surface area contributed by atoms with Crippen molar-refractivity contribution in [1.29, 1.82) is 0 Å². The summed E-state index contributed by atoms with van der Waals surface area (Å²) in [4.78, 5) is 34.2. The van der Waals surface area contributed by atoms with Gasteiger partial charge in [-0.15, -0.1) is 0 Å². The second kappa shape index (κ2) is 36.0. The molecule has 0 rings (SSSR count). The molecule has 0 bridgehead atoms. The molecule has 0 saturated heterocycles. The summed E-state index contributed by atoms with van der Waals surface area (Å²) in [6.45, 7) is 4.02. The number of carbonyl (C=O) groups excluding carboxylic acids is 2. The Morgan fingerprint density at radius 2 is 1.20 bits per heavy atom. The lowest BCUT2D eigenvalue weighted by molar-refractivity contribution is -0.147. The van der Waals surface area contributed by atoms with Gasteiger partial charge in [-0.05, 0) is 50.7 Å². The Morgan fingerprint density at radius 3 is 1.84 bits per heavy atom. The van der Waals surface area contributed by atoms with E-state index in [0.29, 0.717) is 12.8 Å². The van der Waals surface area contributed by atoms with Crippen molar-refractivity contribution in [3.63, 3.8) is 0 Å². The lowest BCUT2D eigenvalue weighted by Crippen LogP contribution is -2.25. The molecule has 3 N–H and O–H groups in total. The first-order chi connectivity index (χ1) is 23.8.